The number of rotatable bonds is 5. The number of carboxylic acids is 1. The lowest BCUT2D eigenvalue weighted by molar-refractivity contribution is -0.385. The summed E-state index contributed by atoms with van der Waals surface area (Å²) in [6.45, 7) is -0.167. The van der Waals surface area contributed by atoms with E-state index in [-0.39, 0.29) is 23.6 Å². The standard InChI is InChI=1S/C14H10FNO5/c15-11-5-10(14(17)18)6-12(7-11)21-8-9-3-1-2-4-13(9)16(19)20/h1-7H,8H2,(H,17,18). The van der Waals surface area contributed by atoms with Gasteiger partial charge in [0.05, 0.1) is 16.1 Å². The molecular formula is C14H10FNO5. The van der Waals surface area contributed by atoms with E-state index in [2.05, 4.69) is 0 Å². The Bertz CT molecular complexity index is 702. The highest BCUT2D eigenvalue weighted by Gasteiger charge is 2.13. The Morgan fingerprint density at radius 3 is 2.67 bits per heavy atom. The van der Waals surface area contributed by atoms with Crippen LogP contribution in [0.4, 0.5) is 10.1 Å². The van der Waals surface area contributed by atoms with Gasteiger partial charge in [0, 0.05) is 12.1 Å². The summed E-state index contributed by atoms with van der Waals surface area (Å²) in [6.07, 6.45) is 0. The molecule has 0 heterocycles. The van der Waals surface area contributed by atoms with Crippen LogP contribution in [0.15, 0.2) is 42.5 Å². The minimum absolute atomic E-state index is 0.00875. The Balaban J connectivity index is 2.21. The summed E-state index contributed by atoms with van der Waals surface area (Å²) in [5.74, 6) is -2.05. The maximum atomic E-state index is 13.3. The number of nitro benzene ring substituents is 1. The Kier molecular flexibility index (Phi) is 4.13. The molecule has 0 fully saturated rings. The van der Waals surface area contributed by atoms with Crippen LogP contribution in [-0.4, -0.2) is 16.0 Å². The van der Waals surface area contributed by atoms with Gasteiger partial charge in [-0.1, -0.05) is 12.1 Å². The fourth-order valence-corrected chi connectivity index (χ4v) is 1.74. The van der Waals surface area contributed by atoms with E-state index in [4.69, 9.17) is 9.84 Å². The van der Waals surface area contributed by atoms with Crippen molar-refractivity contribution in [3.63, 3.8) is 0 Å². The number of hydrogen-bond acceptors (Lipinski definition) is 4. The smallest absolute Gasteiger partial charge is 0.335 e. The van der Waals surface area contributed by atoms with Gasteiger partial charge in [-0.2, -0.15) is 0 Å². The highest BCUT2D eigenvalue weighted by atomic mass is 19.1. The van der Waals surface area contributed by atoms with Crippen molar-refractivity contribution in [2.45, 2.75) is 6.61 Å². The number of nitro groups is 1. The molecular weight excluding hydrogens is 281 g/mol. The predicted octanol–water partition coefficient (Wildman–Crippen LogP) is 3.01. The molecule has 2 aromatic carbocycles. The molecule has 0 spiro atoms. The number of hydrogen-bond donors (Lipinski definition) is 1. The van der Waals surface area contributed by atoms with Crippen molar-refractivity contribution in [1.29, 1.82) is 0 Å². The van der Waals surface area contributed by atoms with Crippen LogP contribution in [0.5, 0.6) is 5.75 Å². The van der Waals surface area contributed by atoms with Gasteiger partial charge in [-0.15, -0.1) is 0 Å². The summed E-state index contributed by atoms with van der Waals surface area (Å²) in [4.78, 5) is 21.1. The molecule has 0 aliphatic heterocycles. The van der Waals surface area contributed by atoms with Crippen LogP contribution in [0.2, 0.25) is 0 Å². The van der Waals surface area contributed by atoms with E-state index in [0.717, 1.165) is 18.2 Å². The summed E-state index contributed by atoms with van der Waals surface area (Å²) in [6, 6.07) is 9.00. The second kappa shape index (κ2) is 6.00. The lowest BCUT2D eigenvalue weighted by atomic mass is 10.2. The van der Waals surface area contributed by atoms with Crippen molar-refractivity contribution in [3.8, 4) is 5.75 Å². The van der Waals surface area contributed by atoms with E-state index in [1.807, 2.05) is 0 Å². The van der Waals surface area contributed by atoms with Gasteiger partial charge in [-0.3, -0.25) is 10.1 Å². The molecule has 7 heteroatoms. The zero-order valence-electron chi connectivity index (χ0n) is 10.7. The van der Waals surface area contributed by atoms with Crippen molar-refractivity contribution in [3.05, 3.63) is 69.5 Å². The first-order valence-electron chi connectivity index (χ1n) is 5.86. The molecule has 0 aliphatic carbocycles. The van der Waals surface area contributed by atoms with Gasteiger partial charge in [-0.25, -0.2) is 9.18 Å². The average molecular weight is 291 g/mol. The molecule has 0 unspecified atom stereocenters. The molecule has 2 rings (SSSR count). The van der Waals surface area contributed by atoms with Crippen LogP contribution < -0.4 is 4.74 Å². The molecule has 0 bridgehead atoms. The maximum Gasteiger partial charge on any atom is 0.335 e. The molecule has 0 aliphatic rings. The molecule has 21 heavy (non-hydrogen) atoms. The van der Waals surface area contributed by atoms with E-state index in [9.17, 15) is 19.3 Å². The third-order valence-corrected chi connectivity index (χ3v) is 2.70. The number of carboxylic acid groups (broad SMARTS) is 1. The van der Waals surface area contributed by atoms with E-state index in [1.165, 1.54) is 18.2 Å². The second-order valence-corrected chi connectivity index (χ2v) is 4.16. The van der Waals surface area contributed by atoms with Crippen molar-refractivity contribution in [2.75, 3.05) is 0 Å². The number of carbonyl (C=O) groups is 1. The molecule has 0 saturated heterocycles. The summed E-state index contributed by atoms with van der Waals surface area (Å²) in [5.41, 5.74) is -0.0661. The van der Waals surface area contributed by atoms with Crippen LogP contribution in [-0.2, 0) is 6.61 Å². The number of ether oxygens (including phenoxy) is 1. The Morgan fingerprint density at radius 2 is 2.00 bits per heavy atom. The summed E-state index contributed by atoms with van der Waals surface area (Å²) >= 11 is 0. The first-order chi connectivity index (χ1) is 9.97. The van der Waals surface area contributed by atoms with Gasteiger partial charge in [0.25, 0.3) is 5.69 Å². The minimum atomic E-state index is -1.29. The van der Waals surface area contributed by atoms with Crippen LogP contribution in [0.25, 0.3) is 0 Å². The molecule has 6 nitrogen and oxygen atoms in total. The first-order valence-corrected chi connectivity index (χ1v) is 5.86. The van der Waals surface area contributed by atoms with Gasteiger partial charge < -0.3 is 9.84 Å². The van der Waals surface area contributed by atoms with Gasteiger partial charge in [0.2, 0.25) is 0 Å². The Morgan fingerprint density at radius 1 is 1.29 bits per heavy atom. The largest absolute Gasteiger partial charge is 0.489 e. The fourth-order valence-electron chi connectivity index (χ4n) is 1.74. The zero-order valence-corrected chi connectivity index (χ0v) is 10.7. The summed E-state index contributed by atoms with van der Waals surface area (Å²) < 4.78 is 18.5. The monoisotopic (exact) mass is 291 g/mol. The quantitative estimate of drug-likeness (QED) is 0.675. The van der Waals surface area contributed by atoms with Crippen LogP contribution in [0.3, 0.4) is 0 Å². The SMILES string of the molecule is O=C(O)c1cc(F)cc(OCc2ccccc2[N+](=O)[O-])c1. The van der Waals surface area contributed by atoms with Crippen molar-refractivity contribution in [2.24, 2.45) is 0 Å². The summed E-state index contributed by atoms with van der Waals surface area (Å²) in [7, 11) is 0. The minimum Gasteiger partial charge on any atom is -0.489 e. The maximum absolute atomic E-state index is 13.3. The van der Waals surface area contributed by atoms with Crippen molar-refractivity contribution in [1.82, 2.24) is 0 Å². The van der Waals surface area contributed by atoms with Gasteiger partial charge >= 0.3 is 5.97 Å². The Hall–Kier alpha value is -2.96. The summed E-state index contributed by atoms with van der Waals surface area (Å²) in [5, 5.41) is 19.7. The lowest BCUT2D eigenvalue weighted by Gasteiger charge is -2.08. The van der Waals surface area contributed by atoms with Gasteiger partial charge in [0.1, 0.15) is 18.2 Å². The molecule has 0 atom stereocenters. The van der Waals surface area contributed by atoms with Gasteiger partial charge in [0.15, 0.2) is 0 Å². The number of halogens is 1. The molecule has 0 aromatic heterocycles. The van der Waals surface area contributed by atoms with Crippen LogP contribution >= 0.6 is 0 Å². The highest BCUT2D eigenvalue weighted by Crippen LogP contribution is 2.22. The second-order valence-electron chi connectivity index (χ2n) is 4.16. The number of benzene rings is 2. The van der Waals surface area contributed by atoms with E-state index in [0.29, 0.717) is 5.56 Å². The van der Waals surface area contributed by atoms with E-state index in [1.54, 1.807) is 6.07 Å². The van der Waals surface area contributed by atoms with Crippen molar-refractivity contribution >= 4 is 11.7 Å². The van der Waals surface area contributed by atoms with E-state index < -0.39 is 16.7 Å². The number of nitrogens with zero attached hydrogens (tertiary/aromatic N) is 1. The molecule has 108 valence electrons. The molecule has 2 aromatic rings. The van der Waals surface area contributed by atoms with Gasteiger partial charge in [-0.05, 0) is 18.2 Å². The van der Waals surface area contributed by atoms with Crippen LogP contribution in [0.1, 0.15) is 15.9 Å². The molecule has 0 radical (unpaired) electrons. The molecule has 1 N–H and O–H groups in total. The first kappa shape index (κ1) is 14.4. The zero-order chi connectivity index (χ0) is 15.4. The van der Waals surface area contributed by atoms with E-state index >= 15 is 0 Å². The lowest BCUT2D eigenvalue weighted by Crippen LogP contribution is -2.02. The fraction of sp³-hybridized carbons (Fsp3) is 0.0714. The third kappa shape index (κ3) is 3.53. The molecule has 0 saturated carbocycles. The third-order valence-electron chi connectivity index (χ3n) is 2.70. The highest BCUT2D eigenvalue weighted by molar-refractivity contribution is 5.88. The number of aromatic carboxylic acids is 1. The molecule has 0 amide bonds. The normalized spacial score (nSPS) is 10.1. The van der Waals surface area contributed by atoms with Crippen LogP contribution in [0, 0.1) is 15.9 Å². The number of para-hydroxylation sites is 1. The Labute approximate surface area is 118 Å². The van der Waals surface area contributed by atoms with Crippen molar-refractivity contribution < 1.29 is 24.0 Å². The topological polar surface area (TPSA) is 89.7 Å². The average Bonchev–Trinajstić information content (AvgIpc) is 2.44. The predicted molar refractivity (Wildman–Crippen MR) is 70.8 cm³/mol.